The van der Waals surface area contributed by atoms with Crippen LogP contribution < -0.4 is 4.74 Å². The lowest BCUT2D eigenvalue weighted by molar-refractivity contribution is -0.112. The van der Waals surface area contributed by atoms with E-state index >= 15 is 0 Å². The minimum atomic E-state index is -0.966. The van der Waals surface area contributed by atoms with Gasteiger partial charge in [-0.05, 0) is 43.3 Å². The number of hydrogen-bond acceptors (Lipinski definition) is 8. The number of β-amino-alcohol motifs (C(OH)–C–C–N with tert-alkyl or cyclic N) is 1. The number of rotatable bonds is 9. The second kappa shape index (κ2) is 10.5. The third-order valence-corrected chi connectivity index (χ3v) is 6.43. The van der Waals surface area contributed by atoms with E-state index in [2.05, 4.69) is 37.1 Å². The summed E-state index contributed by atoms with van der Waals surface area (Å²) in [6.07, 6.45) is 4.41. The van der Waals surface area contributed by atoms with E-state index in [-0.39, 0.29) is 6.42 Å². The number of carbonyl (C=O) groups is 1. The summed E-state index contributed by atoms with van der Waals surface area (Å²) >= 11 is 0. The molecule has 0 bridgehead atoms. The Hall–Kier alpha value is -3.66. The van der Waals surface area contributed by atoms with E-state index in [0.29, 0.717) is 18.2 Å². The fourth-order valence-corrected chi connectivity index (χ4v) is 4.50. The first-order chi connectivity index (χ1) is 17.5. The molecule has 1 aliphatic heterocycles. The molecule has 0 aliphatic carbocycles. The SMILES string of the molecule is CC(O)(CC=O)CN1CCN(Cc2ccc3cc(Oc4ccc(-c5ccn[nH]5)cn4)ccc3n2)CC1. The Labute approximate surface area is 209 Å². The van der Waals surface area contributed by atoms with E-state index in [1.54, 1.807) is 19.3 Å². The number of benzene rings is 1. The van der Waals surface area contributed by atoms with Gasteiger partial charge in [-0.1, -0.05) is 6.07 Å². The largest absolute Gasteiger partial charge is 0.439 e. The molecule has 4 aromatic rings. The summed E-state index contributed by atoms with van der Waals surface area (Å²) in [5.74, 6) is 1.23. The van der Waals surface area contributed by atoms with Gasteiger partial charge in [-0.3, -0.25) is 19.9 Å². The Morgan fingerprint density at radius 3 is 2.64 bits per heavy atom. The number of pyridine rings is 2. The van der Waals surface area contributed by atoms with Gasteiger partial charge in [-0.25, -0.2) is 4.98 Å². The third-order valence-electron chi connectivity index (χ3n) is 6.43. The van der Waals surface area contributed by atoms with Crippen molar-refractivity contribution in [3.63, 3.8) is 0 Å². The molecule has 36 heavy (non-hydrogen) atoms. The van der Waals surface area contributed by atoms with Crippen LogP contribution in [-0.4, -0.2) is 79.7 Å². The summed E-state index contributed by atoms with van der Waals surface area (Å²) in [5.41, 5.74) is 2.83. The molecule has 4 heterocycles. The molecule has 5 rings (SSSR count). The molecular formula is C27H30N6O3. The highest BCUT2D eigenvalue weighted by Gasteiger charge is 2.26. The van der Waals surface area contributed by atoms with E-state index in [1.807, 2.05) is 36.4 Å². The molecule has 1 aromatic carbocycles. The lowest BCUT2D eigenvalue weighted by Gasteiger charge is -2.37. The lowest BCUT2D eigenvalue weighted by atomic mass is 10.0. The monoisotopic (exact) mass is 486 g/mol. The van der Waals surface area contributed by atoms with Crippen molar-refractivity contribution in [2.24, 2.45) is 0 Å². The number of nitrogens with zero attached hydrogens (tertiary/aromatic N) is 5. The number of aliphatic hydroxyl groups is 1. The third kappa shape index (κ3) is 5.93. The van der Waals surface area contributed by atoms with E-state index in [9.17, 15) is 9.90 Å². The van der Waals surface area contributed by atoms with Gasteiger partial charge in [0.1, 0.15) is 12.0 Å². The van der Waals surface area contributed by atoms with Crippen molar-refractivity contribution in [2.45, 2.75) is 25.5 Å². The van der Waals surface area contributed by atoms with Crippen LogP contribution in [-0.2, 0) is 11.3 Å². The number of piperazine rings is 1. The highest BCUT2D eigenvalue weighted by molar-refractivity contribution is 5.80. The van der Waals surface area contributed by atoms with Crippen molar-refractivity contribution < 1.29 is 14.6 Å². The van der Waals surface area contributed by atoms with Crippen molar-refractivity contribution in [1.29, 1.82) is 0 Å². The van der Waals surface area contributed by atoms with Gasteiger partial charge in [0.15, 0.2) is 0 Å². The van der Waals surface area contributed by atoms with Crippen LogP contribution in [0.15, 0.2) is 60.9 Å². The topological polar surface area (TPSA) is 107 Å². The normalized spacial score (nSPS) is 16.6. The quantitative estimate of drug-likeness (QED) is 0.347. The molecule has 0 spiro atoms. The van der Waals surface area contributed by atoms with Gasteiger partial charge in [0.2, 0.25) is 5.88 Å². The molecule has 1 saturated heterocycles. The van der Waals surface area contributed by atoms with Crippen LogP contribution in [0.4, 0.5) is 0 Å². The Kier molecular flexibility index (Phi) is 7.04. The molecule has 1 fully saturated rings. The molecule has 1 aliphatic rings. The van der Waals surface area contributed by atoms with E-state index in [1.165, 1.54) is 0 Å². The standard InChI is InChI=1S/C27H30N6O3/c1-27(35,9-15-34)19-33-13-11-32(12-14-33)18-22-4-2-20-16-23(5-6-24(20)30-22)36-26-7-3-21(17-28-26)25-8-10-29-31-25/h2-8,10,15-17,35H,9,11-14,18-19H2,1H3,(H,29,31). The fraction of sp³-hybridized carbons (Fsp3) is 0.333. The average Bonchev–Trinajstić information content (AvgIpc) is 3.41. The number of aldehydes is 1. The van der Waals surface area contributed by atoms with E-state index in [0.717, 1.165) is 66.9 Å². The minimum Gasteiger partial charge on any atom is -0.439 e. The molecule has 186 valence electrons. The van der Waals surface area contributed by atoms with E-state index < -0.39 is 5.60 Å². The van der Waals surface area contributed by atoms with E-state index in [4.69, 9.17) is 9.72 Å². The summed E-state index contributed by atoms with van der Waals surface area (Å²) in [5, 5.41) is 18.2. The predicted octanol–water partition coefficient (Wildman–Crippen LogP) is 3.27. The van der Waals surface area contributed by atoms with Gasteiger partial charge in [0, 0.05) is 75.1 Å². The second-order valence-corrected chi connectivity index (χ2v) is 9.53. The highest BCUT2D eigenvalue weighted by Crippen LogP contribution is 2.26. The van der Waals surface area contributed by atoms with Crippen molar-refractivity contribution in [3.05, 3.63) is 66.6 Å². The molecular weight excluding hydrogens is 456 g/mol. The van der Waals surface area contributed by atoms with Gasteiger partial charge < -0.3 is 14.6 Å². The lowest BCUT2D eigenvalue weighted by Crippen LogP contribution is -2.51. The average molecular weight is 487 g/mol. The molecule has 1 atom stereocenters. The van der Waals surface area contributed by atoms with Gasteiger partial charge in [-0.15, -0.1) is 0 Å². The maximum Gasteiger partial charge on any atom is 0.219 e. The fourth-order valence-electron chi connectivity index (χ4n) is 4.50. The zero-order chi connectivity index (χ0) is 25.0. The maximum atomic E-state index is 10.8. The summed E-state index contributed by atoms with van der Waals surface area (Å²) in [6.45, 7) is 6.53. The minimum absolute atomic E-state index is 0.162. The molecule has 0 amide bonds. The summed E-state index contributed by atoms with van der Waals surface area (Å²) < 4.78 is 5.96. The first kappa shape index (κ1) is 24.1. The van der Waals surface area contributed by atoms with Crippen molar-refractivity contribution in [3.8, 4) is 22.9 Å². The number of fused-ring (bicyclic) bond motifs is 1. The molecule has 9 nitrogen and oxygen atoms in total. The smallest absolute Gasteiger partial charge is 0.219 e. The van der Waals surface area contributed by atoms with Crippen LogP contribution in [0.5, 0.6) is 11.6 Å². The van der Waals surface area contributed by atoms with Crippen LogP contribution in [0.2, 0.25) is 0 Å². The summed E-state index contributed by atoms with van der Waals surface area (Å²) in [6, 6.07) is 15.7. The highest BCUT2D eigenvalue weighted by atomic mass is 16.5. The van der Waals surface area contributed by atoms with Crippen molar-refractivity contribution in [2.75, 3.05) is 32.7 Å². The Morgan fingerprint density at radius 1 is 1.08 bits per heavy atom. The van der Waals surface area contributed by atoms with Crippen LogP contribution in [0.1, 0.15) is 19.0 Å². The predicted molar refractivity (Wildman–Crippen MR) is 137 cm³/mol. The second-order valence-electron chi connectivity index (χ2n) is 9.53. The number of hydrogen-bond donors (Lipinski definition) is 2. The number of aromatic amines is 1. The zero-order valence-electron chi connectivity index (χ0n) is 20.3. The number of ether oxygens (including phenoxy) is 1. The van der Waals surface area contributed by atoms with Gasteiger partial charge in [0.25, 0.3) is 0 Å². The Bertz CT molecular complexity index is 1300. The van der Waals surface area contributed by atoms with Crippen molar-refractivity contribution >= 4 is 17.2 Å². The van der Waals surface area contributed by atoms with Crippen LogP contribution in [0.3, 0.4) is 0 Å². The first-order valence-electron chi connectivity index (χ1n) is 12.1. The van der Waals surface area contributed by atoms with Gasteiger partial charge in [0.05, 0.1) is 22.5 Å². The number of nitrogens with one attached hydrogen (secondary N) is 1. The maximum absolute atomic E-state index is 10.8. The zero-order valence-corrected chi connectivity index (χ0v) is 20.3. The molecule has 2 N–H and O–H groups in total. The van der Waals surface area contributed by atoms with Crippen molar-refractivity contribution in [1.82, 2.24) is 30.0 Å². The van der Waals surface area contributed by atoms with Crippen LogP contribution in [0.25, 0.3) is 22.2 Å². The van der Waals surface area contributed by atoms with Gasteiger partial charge >= 0.3 is 0 Å². The Balaban J connectivity index is 1.17. The molecule has 3 aromatic heterocycles. The summed E-state index contributed by atoms with van der Waals surface area (Å²) in [4.78, 5) is 24.6. The summed E-state index contributed by atoms with van der Waals surface area (Å²) in [7, 11) is 0. The molecule has 9 heteroatoms. The number of carbonyl (C=O) groups excluding carboxylic acids is 1. The molecule has 0 saturated carbocycles. The van der Waals surface area contributed by atoms with Crippen LogP contribution >= 0.6 is 0 Å². The van der Waals surface area contributed by atoms with Crippen LogP contribution in [0, 0.1) is 0 Å². The Morgan fingerprint density at radius 2 is 1.92 bits per heavy atom. The first-order valence-corrected chi connectivity index (χ1v) is 12.1. The number of aromatic nitrogens is 4. The molecule has 0 radical (unpaired) electrons. The molecule has 1 unspecified atom stereocenters. The van der Waals surface area contributed by atoms with Gasteiger partial charge in [-0.2, -0.15) is 5.10 Å². The number of H-pyrrole nitrogens is 1.